The number of carbonyl (C=O) groups excluding carboxylic acids is 1. The number of nitrogens with one attached hydrogen (secondary N) is 1. The van der Waals surface area contributed by atoms with Crippen LogP contribution in [0.3, 0.4) is 0 Å². The second kappa shape index (κ2) is 8.20. The van der Waals surface area contributed by atoms with Crippen LogP contribution >= 0.6 is 22.9 Å². The normalized spacial score (nSPS) is 11.9. The Labute approximate surface area is 159 Å². The number of halogens is 1. The first kappa shape index (κ1) is 18.2. The zero-order valence-corrected chi connectivity index (χ0v) is 15.6. The third kappa shape index (κ3) is 4.74. The zero-order chi connectivity index (χ0) is 18.5. The molecule has 0 spiro atoms. The van der Waals surface area contributed by atoms with Gasteiger partial charge in [-0.1, -0.05) is 11.6 Å². The van der Waals surface area contributed by atoms with Crippen molar-refractivity contribution in [3.05, 3.63) is 52.3 Å². The van der Waals surface area contributed by atoms with E-state index in [1.54, 1.807) is 12.4 Å². The second-order valence-electron chi connectivity index (χ2n) is 5.76. The predicted octanol–water partition coefficient (Wildman–Crippen LogP) is 2.72. The van der Waals surface area contributed by atoms with Crippen molar-refractivity contribution in [2.45, 2.75) is 25.8 Å². The van der Waals surface area contributed by atoms with Crippen molar-refractivity contribution in [3.63, 3.8) is 0 Å². The Hall–Kier alpha value is -2.58. The fourth-order valence-electron chi connectivity index (χ4n) is 2.36. The second-order valence-corrected chi connectivity index (χ2v) is 7.28. The summed E-state index contributed by atoms with van der Waals surface area (Å²) in [5.41, 5.74) is 6.68. The van der Waals surface area contributed by atoms with Gasteiger partial charge in [0.15, 0.2) is 0 Å². The SMILES string of the molecule is CC(Cc1ncccc1Cl)Nc1ccc(-c2ncc(CC(N)=O)s2)nn1. The summed E-state index contributed by atoms with van der Waals surface area (Å²) in [4.78, 5) is 20.3. The number of amides is 1. The molecule has 3 aromatic rings. The predicted molar refractivity (Wildman–Crippen MR) is 102 cm³/mol. The Balaban J connectivity index is 1.63. The number of nitrogens with zero attached hydrogens (tertiary/aromatic N) is 4. The molecule has 0 saturated carbocycles. The molecule has 0 aliphatic heterocycles. The first-order valence-electron chi connectivity index (χ1n) is 7.94. The fraction of sp³-hybridized carbons (Fsp3) is 0.235. The monoisotopic (exact) mass is 388 g/mol. The van der Waals surface area contributed by atoms with Crippen LogP contribution in [0.25, 0.3) is 10.7 Å². The van der Waals surface area contributed by atoms with Crippen molar-refractivity contribution in [2.75, 3.05) is 5.32 Å². The van der Waals surface area contributed by atoms with E-state index in [-0.39, 0.29) is 18.4 Å². The molecule has 3 heterocycles. The van der Waals surface area contributed by atoms with Crippen LogP contribution < -0.4 is 11.1 Å². The zero-order valence-electron chi connectivity index (χ0n) is 14.0. The highest BCUT2D eigenvalue weighted by Crippen LogP contribution is 2.24. The summed E-state index contributed by atoms with van der Waals surface area (Å²) in [5.74, 6) is 0.273. The summed E-state index contributed by atoms with van der Waals surface area (Å²) in [7, 11) is 0. The van der Waals surface area contributed by atoms with Crippen molar-refractivity contribution in [3.8, 4) is 10.7 Å². The van der Waals surface area contributed by atoms with Gasteiger partial charge in [-0.3, -0.25) is 9.78 Å². The molecule has 3 rings (SSSR count). The molecule has 0 saturated heterocycles. The van der Waals surface area contributed by atoms with Gasteiger partial charge in [0, 0.05) is 29.7 Å². The van der Waals surface area contributed by atoms with Gasteiger partial charge in [0.2, 0.25) is 5.91 Å². The molecule has 0 aromatic carbocycles. The van der Waals surface area contributed by atoms with Gasteiger partial charge in [0.05, 0.1) is 17.1 Å². The van der Waals surface area contributed by atoms with E-state index in [0.29, 0.717) is 28.0 Å². The highest BCUT2D eigenvalue weighted by Gasteiger charge is 2.11. The number of hydrogen-bond donors (Lipinski definition) is 2. The minimum absolute atomic E-state index is 0.0876. The molecule has 1 unspecified atom stereocenters. The van der Waals surface area contributed by atoms with Gasteiger partial charge >= 0.3 is 0 Å². The Kier molecular flexibility index (Phi) is 5.75. The lowest BCUT2D eigenvalue weighted by molar-refractivity contribution is -0.117. The van der Waals surface area contributed by atoms with Crippen LogP contribution in [-0.2, 0) is 17.6 Å². The van der Waals surface area contributed by atoms with Gasteiger partial charge in [-0.15, -0.1) is 21.5 Å². The van der Waals surface area contributed by atoms with Crippen LogP contribution in [0.15, 0.2) is 36.7 Å². The summed E-state index contributed by atoms with van der Waals surface area (Å²) in [5, 5.41) is 13.0. The Morgan fingerprint density at radius 2 is 2.15 bits per heavy atom. The smallest absolute Gasteiger partial charge is 0.222 e. The molecule has 0 radical (unpaired) electrons. The van der Waals surface area contributed by atoms with Crippen molar-refractivity contribution in [1.29, 1.82) is 0 Å². The van der Waals surface area contributed by atoms with Gasteiger partial charge in [0.1, 0.15) is 16.5 Å². The molecular formula is C17H17ClN6OS. The van der Waals surface area contributed by atoms with Crippen LogP contribution in [-0.4, -0.2) is 32.1 Å². The fourth-order valence-corrected chi connectivity index (χ4v) is 3.45. The van der Waals surface area contributed by atoms with Crippen LogP contribution in [0.4, 0.5) is 5.82 Å². The van der Waals surface area contributed by atoms with Gasteiger partial charge < -0.3 is 11.1 Å². The Morgan fingerprint density at radius 1 is 1.31 bits per heavy atom. The lowest BCUT2D eigenvalue weighted by Crippen LogP contribution is -2.19. The lowest BCUT2D eigenvalue weighted by Gasteiger charge is -2.14. The quantitative estimate of drug-likeness (QED) is 0.644. The van der Waals surface area contributed by atoms with E-state index in [1.807, 2.05) is 31.2 Å². The van der Waals surface area contributed by atoms with E-state index in [1.165, 1.54) is 11.3 Å². The Bertz CT molecular complexity index is 898. The minimum Gasteiger partial charge on any atom is -0.369 e. The number of anilines is 1. The van der Waals surface area contributed by atoms with Crippen molar-refractivity contribution in [2.24, 2.45) is 5.73 Å². The van der Waals surface area contributed by atoms with Gasteiger partial charge in [-0.25, -0.2) is 4.98 Å². The number of nitrogens with two attached hydrogens (primary N) is 1. The van der Waals surface area contributed by atoms with E-state index >= 15 is 0 Å². The van der Waals surface area contributed by atoms with E-state index in [4.69, 9.17) is 17.3 Å². The molecule has 1 amide bonds. The topological polar surface area (TPSA) is 107 Å². The summed E-state index contributed by atoms with van der Waals surface area (Å²) in [6.45, 7) is 2.03. The summed E-state index contributed by atoms with van der Waals surface area (Å²) < 4.78 is 0. The van der Waals surface area contributed by atoms with Crippen LogP contribution in [0.2, 0.25) is 5.02 Å². The number of carbonyl (C=O) groups is 1. The number of thiazole rings is 1. The van der Waals surface area contributed by atoms with E-state index in [0.717, 1.165) is 10.6 Å². The van der Waals surface area contributed by atoms with Crippen molar-refractivity contribution in [1.82, 2.24) is 20.2 Å². The molecule has 0 fully saturated rings. The van der Waals surface area contributed by atoms with E-state index < -0.39 is 0 Å². The third-order valence-corrected chi connectivity index (χ3v) is 4.88. The molecule has 0 aliphatic rings. The average Bonchev–Trinajstić information content (AvgIpc) is 3.05. The molecule has 1 atom stereocenters. The summed E-state index contributed by atoms with van der Waals surface area (Å²) in [6, 6.07) is 7.40. The standard InChI is InChI=1S/C17H17ClN6OS/c1-10(7-14-12(18)3-2-6-20-14)22-16-5-4-13(23-24-16)17-21-9-11(26-17)8-15(19)25/h2-6,9-10H,7-8H2,1H3,(H2,19,25)(H,22,24). The summed E-state index contributed by atoms with van der Waals surface area (Å²) in [6.07, 6.45) is 4.21. The van der Waals surface area contributed by atoms with Crippen LogP contribution in [0, 0.1) is 0 Å². The molecule has 0 bridgehead atoms. The number of aromatic nitrogens is 4. The molecule has 3 N–H and O–H groups in total. The number of pyridine rings is 1. The molecule has 0 aliphatic carbocycles. The minimum atomic E-state index is -0.382. The number of rotatable bonds is 7. The largest absolute Gasteiger partial charge is 0.369 e. The van der Waals surface area contributed by atoms with Crippen molar-refractivity contribution >= 4 is 34.7 Å². The maximum atomic E-state index is 11.0. The van der Waals surface area contributed by atoms with Crippen LogP contribution in [0.1, 0.15) is 17.5 Å². The third-order valence-electron chi connectivity index (χ3n) is 3.51. The van der Waals surface area contributed by atoms with E-state index in [2.05, 4.69) is 25.5 Å². The molecule has 134 valence electrons. The van der Waals surface area contributed by atoms with Gasteiger partial charge in [-0.05, 0) is 31.2 Å². The average molecular weight is 389 g/mol. The maximum absolute atomic E-state index is 11.0. The van der Waals surface area contributed by atoms with Gasteiger partial charge in [-0.2, -0.15) is 0 Å². The highest BCUT2D eigenvalue weighted by molar-refractivity contribution is 7.15. The van der Waals surface area contributed by atoms with Crippen LogP contribution in [0.5, 0.6) is 0 Å². The first-order chi connectivity index (χ1) is 12.5. The summed E-state index contributed by atoms with van der Waals surface area (Å²) >= 11 is 7.52. The molecule has 7 nitrogen and oxygen atoms in total. The molecule has 26 heavy (non-hydrogen) atoms. The molecule has 9 heteroatoms. The van der Waals surface area contributed by atoms with Crippen molar-refractivity contribution < 1.29 is 4.79 Å². The first-order valence-corrected chi connectivity index (χ1v) is 9.13. The highest BCUT2D eigenvalue weighted by atomic mass is 35.5. The van der Waals surface area contributed by atoms with E-state index in [9.17, 15) is 4.79 Å². The Morgan fingerprint density at radius 3 is 2.85 bits per heavy atom. The number of primary amides is 1. The lowest BCUT2D eigenvalue weighted by atomic mass is 10.1. The molecular weight excluding hydrogens is 372 g/mol. The number of hydrogen-bond acceptors (Lipinski definition) is 7. The maximum Gasteiger partial charge on any atom is 0.222 e. The molecule has 3 aromatic heterocycles. The van der Waals surface area contributed by atoms with Gasteiger partial charge in [0.25, 0.3) is 0 Å².